The molecule has 2 N–H and O–H groups in total. The lowest BCUT2D eigenvalue weighted by molar-refractivity contribution is -0.142. The van der Waals surface area contributed by atoms with Gasteiger partial charge in [-0.1, -0.05) is 6.42 Å². The van der Waals surface area contributed by atoms with Crippen LogP contribution < -0.4 is 5.32 Å². The first-order valence-corrected chi connectivity index (χ1v) is 5.52. The average Bonchev–Trinajstić information content (AvgIpc) is 2.47. The molecule has 0 saturated heterocycles. The highest BCUT2D eigenvalue weighted by Crippen LogP contribution is 2.26. The molecule has 0 aromatic rings. The van der Waals surface area contributed by atoms with Gasteiger partial charge in [-0.25, -0.2) is 4.79 Å². The number of rotatable bonds is 2. The molecule has 0 aromatic carbocycles. The smallest absolute Gasteiger partial charge is 0.407 e. The minimum absolute atomic E-state index is 0.299. The SMILES string of the molecule is CC(C)(C)OC(=O)N[C@H]1CCCC1C(=O)O. The molecule has 0 heterocycles. The summed E-state index contributed by atoms with van der Waals surface area (Å²) in [7, 11) is 0. The van der Waals surface area contributed by atoms with Gasteiger partial charge in [-0.05, 0) is 33.6 Å². The van der Waals surface area contributed by atoms with E-state index in [4.69, 9.17) is 9.84 Å². The first-order valence-electron chi connectivity index (χ1n) is 5.52. The van der Waals surface area contributed by atoms with Crippen LogP contribution in [0.4, 0.5) is 4.79 Å². The Morgan fingerprint density at radius 1 is 1.31 bits per heavy atom. The maximum Gasteiger partial charge on any atom is 0.407 e. The van der Waals surface area contributed by atoms with Gasteiger partial charge in [-0.2, -0.15) is 0 Å². The summed E-state index contributed by atoms with van der Waals surface area (Å²) >= 11 is 0. The molecule has 16 heavy (non-hydrogen) atoms. The predicted octanol–water partition coefficient (Wildman–Crippen LogP) is 1.76. The number of carbonyl (C=O) groups is 2. The highest BCUT2D eigenvalue weighted by Gasteiger charge is 2.34. The molecule has 0 bridgehead atoms. The van der Waals surface area contributed by atoms with Crippen LogP contribution in [0.25, 0.3) is 0 Å². The molecular weight excluding hydrogens is 210 g/mol. The molecule has 1 aliphatic rings. The highest BCUT2D eigenvalue weighted by molar-refractivity contribution is 5.74. The summed E-state index contributed by atoms with van der Waals surface area (Å²) in [5, 5.41) is 11.6. The van der Waals surface area contributed by atoms with Crippen LogP contribution in [0.1, 0.15) is 40.0 Å². The molecule has 1 aliphatic carbocycles. The normalized spacial score (nSPS) is 25.2. The predicted molar refractivity (Wildman–Crippen MR) is 58.1 cm³/mol. The second-order valence-electron chi connectivity index (χ2n) is 5.13. The van der Waals surface area contributed by atoms with E-state index in [-0.39, 0.29) is 6.04 Å². The number of ether oxygens (including phenoxy) is 1. The number of carboxylic acids is 1. The number of aliphatic carboxylic acids is 1. The maximum atomic E-state index is 11.5. The van der Waals surface area contributed by atoms with Gasteiger partial charge in [-0.15, -0.1) is 0 Å². The molecule has 0 aromatic heterocycles. The molecule has 5 heteroatoms. The third-order valence-corrected chi connectivity index (χ3v) is 2.54. The summed E-state index contributed by atoms with van der Waals surface area (Å²) in [6, 6.07) is -0.299. The number of alkyl carbamates (subject to hydrolysis) is 1. The Morgan fingerprint density at radius 2 is 1.94 bits per heavy atom. The highest BCUT2D eigenvalue weighted by atomic mass is 16.6. The molecule has 0 radical (unpaired) electrons. The molecular formula is C11H19NO4. The third kappa shape index (κ3) is 3.72. The van der Waals surface area contributed by atoms with Crippen LogP contribution in [-0.2, 0) is 9.53 Å². The zero-order valence-corrected chi connectivity index (χ0v) is 9.95. The number of hydrogen-bond donors (Lipinski definition) is 2. The largest absolute Gasteiger partial charge is 0.481 e. The zero-order chi connectivity index (χ0) is 12.3. The van der Waals surface area contributed by atoms with E-state index in [2.05, 4.69) is 5.32 Å². The number of carboxylic acid groups (broad SMARTS) is 1. The number of amides is 1. The lowest BCUT2D eigenvalue weighted by Crippen LogP contribution is -2.42. The number of hydrogen-bond acceptors (Lipinski definition) is 3. The van der Waals surface area contributed by atoms with Crippen LogP contribution in [0.5, 0.6) is 0 Å². The summed E-state index contributed by atoms with van der Waals surface area (Å²) in [6.45, 7) is 5.32. The first kappa shape index (κ1) is 12.8. The standard InChI is InChI=1S/C11H19NO4/c1-11(2,3)16-10(15)12-8-6-4-5-7(8)9(13)14/h7-8H,4-6H2,1-3H3,(H,12,15)(H,13,14)/t7?,8-/m0/s1. The first-order chi connectivity index (χ1) is 7.29. The molecule has 0 aliphatic heterocycles. The van der Waals surface area contributed by atoms with Gasteiger partial charge in [0.15, 0.2) is 0 Å². The van der Waals surface area contributed by atoms with Crippen molar-refractivity contribution in [3.8, 4) is 0 Å². The third-order valence-electron chi connectivity index (χ3n) is 2.54. The second-order valence-corrected chi connectivity index (χ2v) is 5.13. The fourth-order valence-electron chi connectivity index (χ4n) is 1.89. The average molecular weight is 229 g/mol. The Morgan fingerprint density at radius 3 is 2.44 bits per heavy atom. The minimum Gasteiger partial charge on any atom is -0.481 e. The van der Waals surface area contributed by atoms with E-state index in [1.165, 1.54) is 0 Å². The topological polar surface area (TPSA) is 75.6 Å². The van der Waals surface area contributed by atoms with Crippen molar-refractivity contribution >= 4 is 12.1 Å². The van der Waals surface area contributed by atoms with E-state index < -0.39 is 23.6 Å². The van der Waals surface area contributed by atoms with Crippen LogP contribution in [0.15, 0.2) is 0 Å². The summed E-state index contributed by atoms with van der Waals surface area (Å²) in [5.74, 6) is -1.33. The van der Waals surface area contributed by atoms with Crippen molar-refractivity contribution < 1.29 is 19.4 Å². The minimum atomic E-state index is -0.849. The fraction of sp³-hybridized carbons (Fsp3) is 0.818. The Hall–Kier alpha value is -1.26. The van der Waals surface area contributed by atoms with Gasteiger partial charge in [0.2, 0.25) is 0 Å². The monoisotopic (exact) mass is 229 g/mol. The van der Waals surface area contributed by atoms with E-state index in [1.807, 2.05) is 0 Å². The lowest BCUT2D eigenvalue weighted by Gasteiger charge is -2.23. The van der Waals surface area contributed by atoms with Gasteiger partial charge < -0.3 is 15.2 Å². The molecule has 1 fully saturated rings. The van der Waals surface area contributed by atoms with Crippen LogP contribution in [0.3, 0.4) is 0 Å². The van der Waals surface area contributed by atoms with Crippen molar-refractivity contribution in [2.75, 3.05) is 0 Å². The molecule has 1 amide bonds. The number of carbonyl (C=O) groups excluding carboxylic acids is 1. The van der Waals surface area contributed by atoms with E-state index in [9.17, 15) is 9.59 Å². The summed E-state index contributed by atoms with van der Waals surface area (Å²) in [6.07, 6.45) is 1.62. The van der Waals surface area contributed by atoms with Crippen molar-refractivity contribution in [3.63, 3.8) is 0 Å². The van der Waals surface area contributed by atoms with Gasteiger partial charge >= 0.3 is 12.1 Å². The molecule has 92 valence electrons. The van der Waals surface area contributed by atoms with Crippen molar-refractivity contribution in [3.05, 3.63) is 0 Å². The van der Waals surface area contributed by atoms with Crippen molar-refractivity contribution in [1.29, 1.82) is 0 Å². The van der Waals surface area contributed by atoms with Gasteiger partial charge in [0.05, 0.1) is 5.92 Å². The van der Waals surface area contributed by atoms with Gasteiger partial charge in [-0.3, -0.25) is 4.79 Å². The lowest BCUT2D eigenvalue weighted by atomic mass is 10.0. The molecule has 5 nitrogen and oxygen atoms in total. The van der Waals surface area contributed by atoms with Crippen LogP contribution in [0, 0.1) is 5.92 Å². The number of nitrogens with one attached hydrogen (secondary N) is 1. The van der Waals surface area contributed by atoms with Crippen LogP contribution >= 0.6 is 0 Å². The zero-order valence-electron chi connectivity index (χ0n) is 9.95. The van der Waals surface area contributed by atoms with Crippen molar-refractivity contribution in [2.45, 2.75) is 51.7 Å². The van der Waals surface area contributed by atoms with Crippen LogP contribution in [0.2, 0.25) is 0 Å². The summed E-state index contributed by atoms with van der Waals surface area (Å²) in [5.41, 5.74) is -0.554. The Labute approximate surface area is 95.2 Å². The molecule has 1 rings (SSSR count). The van der Waals surface area contributed by atoms with Crippen LogP contribution in [-0.4, -0.2) is 28.8 Å². The van der Waals surface area contributed by atoms with Crippen molar-refractivity contribution in [2.24, 2.45) is 5.92 Å². The van der Waals surface area contributed by atoms with E-state index in [0.29, 0.717) is 12.8 Å². The quantitative estimate of drug-likeness (QED) is 0.756. The second kappa shape index (κ2) is 4.72. The molecule has 2 atom stereocenters. The summed E-state index contributed by atoms with van der Waals surface area (Å²) < 4.78 is 5.08. The molecule has 1 saturated carbocycles. The Kier molecular flexibility index (Phi) is 3.78. The van der Waals surface area contributed by atoms with Gasteiger partial charge in [0.1, 0.15) is 5.60 Å². The van der Waals surface area contributed by atoms with E-state index in [1.54, 1.807) is 20.8 Å². The Balaban J connectivity index is 2.47. The summed E-state index contributed by atoms with van der Waals surface area (Å²) in [4.78, 5) is 22.3. The molecule has 0 spiro atoms. The Bertz CT molecular complexity index is 282. The van der Waals surface area contributed by atoms with E-state index >= 15 is 0 Å². The van der Waals surface area contributed by atoms with Gasteiger partial charge in [0, 0.05) is 6.04 Å². The van der Waals surface area contributed by atoms with Gasteiger partial charge in [0.25, 0.3) is 0 Å². The molecule has 1 unspecified atom stereocenters. The maximum absolute atomic E-state index is 11.5. The van der Waals surface area contributed by atoms with Crippen molar-refractivity contribution in [1.82, 2.24) is 5.32 Å². The van der Waals surface area contributed by atoms with E-state index in [0.717, 1.165) is 6.42 Å². The fourth-order valence-corrected chi connectivity index (χ4v) is 1.89.